The maximum absolute atomic E-state index is 12.0. The van der Waals surface area contributed by atoms with Gasteiger partial charge in [-0.2, -0.15) is 8.42 Å². The molecule has 1 N–H and O–H groups in total. The van der Waals surface area contributed by atoms with Gasteiger partial charge < -0.3 is 14.5 Å². The van der Waals surface area contributed by atoms with Crippen molar-refractivity contribution in [2.24, 2.45) is 0 Å². The second kappa shape index (κ2) is 11.7. The van der Waals surface area contributed by atoms with Gasteiger partial charge in [0, 0.05) is 19.6 Å². The quantitative estimate of drug-likeness (QED) is 0.380. The Kier molecular flexibility index (Phi) is 8.59. The molecular weight excluding hydrogens is 474 g/mol. The number of ether oxygens (including phenoxy) is 1. The average Bonchev–Trinajstić information content (AvgIpc) is 2.84. The van der Waals surface area contributed by atoms with Crippen LogP contribution in [0.25, 0.3) is 0 Å². The Balaban J connectivity index is 1.89. The smallest absolute Gasteiger partial charge is 0.264 e. The Bertz CT molecular complexity index is 1170. The van der Waals surface area contributed by atoms with Gasteiger partial charge in [-0.15, -0.1) is 0 Å². The first-order valence-corrected chi connectivity index (χ1v) is 14.8. The van der Waals surface area contributed by atoms with Crippen LogP contribution in [-0.2, 0) is 16.5 Å². The highest BCUT2D eigenvalue weighted by molar-refractivity contribution is 7.85. The molecule has 2 heterocycles. The number of anilines is 2. The molecule has 2 aromatic rings. The minimum absolute atomic E-state index is 0.0644. The molecule has 2 unspecified atom stereocenters. The van der Waals surface area contributed by atoms with Gasteiger partial charge in [-0.3, -0.25) is 9.45 Å². The summed E-state index contributed by atoms with van der Waals surface area (Å²) in [5.74, 6) is 1.21. The molecule has 2 aliphatic rings. The van der Waals surface area contributed by atoms with E-state index < -0.39 is 10.1 Å². The van der Waals surface area contributed by atoms with Gasteiger partial charge in [-0.25, -0.2) is 0 Å². The molecule has 4 rings (SSSR count). The van der Waals surface area contributed by atoms with Crippen LogP contribution in [0.15, 0.2) is 54.7 Å². The van der Waals surface area contributed by atoms with E-state index in [1.54, 1.807) is 0 Å². The molecule has 7 nitrogen and oxygen atoms in total. The monoisotopic (exact) mass is 513 g/mol. The zero-order valence-electron chi connectivity index (χ0n) is 21.6. The van der Waals surface area contributed by atoms with E-state index in [0.717, 1.165) is 68.2 Å². The zero-order chi connectivity index (χ0) is 25.7. The molecular formula is C28H39N3O4S. The summed E-state index contributed by atoms with van der Waals surface area (Å²) in [4.78, 5) is 7.03. The van der Waals surface area contributed by atoms with Crippen molar-refractivity contribution in [1.82, 2.24) is 9.80 Å². The summed E-state index contributed by atoms with van der Waals surface area (Å²) >= 11 is 0. The Morgan fingerprint density at radius 2 is 1.75 bits per heavy atom. The summed E-state index contributed by atoms with van der Waals surface area (Å²) in [5, 5.41) is 0. The molecule has 2 aromatic carbocycles. The molecule has 0 saturated carbocycles. The van der Waals surface area contributed by atoms with E-state index >= 15 is 0 Å². The van der Waals surface area contributed by atoms with E-state index in [1.807, 2.05) is 30.3 Å². The van der Waals surface area contributed by atoms with E-state index in [1.165, 1.54) is 5.56 Å². The van der Waals surface area contributed by atoms with Crippen molar-refractivity contribution in [1.29, 1.82) is 0 Å². The number of benzene rings is 2. The molecule has 0 bridgehead atoms. The Hall–Kier alpha value is -2.55. The molecule has 0 amide bonds. The fourth-order valence-corrected chi connectivity index (χ4v) is 6.01. The number of para-hydroxylation sites is 2. The van der Waals surface area contributed by atoms with Crippen LogP contribution >= 0.6 is 0 Å². The maximum Gasteiger partial charge on any atom is 0.264 e. The fraction of sp³-hybridized carbons (Fsp3) is 0.500. The third-order valence-corrected chi connectivity index (χ3v) is 7.61. The molecule has 0 aliphatic carbocycles. The second-order valence-electron chi connectivity index (χ2n) is 9.67. The number of nitrogens with zero attached hydrogens (tertiary/aromatic N) is 3. The number of aryl methyl sites for hydroxylation is 1. The minimum Gasteiger partial charge on any atom is -0.453 e. The Labute approximate surface area is 216 Å². The van der Waals surface area contributed by atoms with E-state index in [4.69, 9.17) is 4.74 Å². The van der Waals surface area contributed by atoms with Gasteiger partial charge in [-0.1, -0.05) is 51.5 Å². The van der Waals surface area contributed by atoms with Crippen molar-refractivity contribution in [2.75, 3.05) is 30.3 Å². The first-order chi connectivity index (χ1) is 17.4. The molecule has 0 aromatic heterocycles. The molecule has 8 heteroatoms. The third-order valence-electron chi connectivity index (χ3n) is 6.86. The topological polar surface area (TPSA) is 73.3 Å². The summed E-state index contributed by atoms with van der Waals surface area (Å²) in [5.41, 5.74) is 3.08. The lowest BCUT2D eigenvalue weighted by atomic mass is 9.99. The fourth-order valence-electron chi connectivity index (χ4n) is 5.47. The summed E-state index contributed by atoms with van der Waals surface area (Å²) in [6.07, 6.45) is 8.51. The molecule has 0 saturated heterocycles. The normalized spacial score (nSPS) is 18.5. The SMILES string of the molecule is CCCc1ccc2c(c1)N(C(CCS(=O)(=O)O)C1N(CCC)C=CCN1CCC)c1ccccc1O2. The van der Waals surface area contributed by atoms with Crippen molar-refractivity contribution in [3.63, 3.8) is 0 Å². The van der Waals surface area contributed by atoms with Crippen LogP contribution in [0.1, 0.15) is 52.0 Å². The van der Waals surface area contributed by atoms with Gasteiger partial charge in [0.15, 0.2) is 11.5 Å². The first kappa shape index (κ1) is 26.5. The largest absolute Gasteiger partial charge is 0.453 e. The van der Waals surface area contributed by atoms with Gasteiger partial charge in [0.2, 0.25) is 0 Å². The van der Waals surface area contributed by atoms with Crippen molar-refractivity contribution in [3.8, 4) is 11.5 Å². The van der Waals surface area contributed by atoms with Gasteiger partial charge in [0.1, 0.15) is 6.17 Å². The van der Waals surface area contributed by atoms with Gasteiger partial charge in [0.25, 0.3) is 10.1 Å². The van der Waals surface area contributed by atoms with Crippen LogP contribution in [0.5, 0.6) is 11.5 Å². The second-order valence-corrected chi connectivity index (χ2v) is 11.2. The molecule has 0 spiro atoms. The highest BCUT2D eigenvalue weighted by Gasteiger charge is 2.40. The number of rotatable bonds is 11. The van der Waals surface area contributed by atoms with Crippen LogP contribution in [0, 0.1) is 0 Å². The lowest BCUT2D eigenvalue weighted by Gasteiger charge is -2.50. The third kappa shape index (κ3) is 5.88. The minimum atomic E-state index is -4.14. The van der Waals surface area contributed by atoms with Crippen LogP contribution < -0.4 is 9.64 Å². The lowest BCUT2D eigenvalue weighted by Crippen LogP contribution is -2.60. The van der Waals surface area contributed by atoms with E-state index in [9.17, 15) is 13.0 Å². The van der Waals surface area contributed by atoms with Crippen LogP contribution in [0.4, 0.5) is 11.4 Å². The summed E-state index contributed by atoms with van der Waals surface area (Å²) < 4.78 is 40.2. The van der Waals surface area contributed by atoms with Crippen molar-refractivity contribution in [3.05, 3.63) is 60.3 Å². The molecule has 2 aliphatic heterocycles. The van der Waals surface area contributed by atoms with Gasteiger partial charge in [-0.05, 0) is 61.7 Å². The number of fused-ring (bicyclic) bond motifs is 2. The van der Waals surface area contributed by atoms with Gasteiger partial charge >= 0.3 is 0 Å². The molecule has 2 atom stereocenters. The summed E-state index contributed by atoms with van der Waals surface area (Å²) in [6.45, 7) is 9.05. The molecule has 0 fully saturated rings. The predicted octanol–water partition coefficient (Wildman–Crippen LogP) is 5.81. The maximum atomic E-state index is 12.0. The number of hydrogen-bond acceptors (Lipinski definition) is 6. The van der Waals surface area contributed by atoms with Crippen molar-refractivity contribution in [2.45, 2.75) is 65.1 Å². The van der Waals surface area contributed by atoms with Crippen LogP contribution in [-0.4, -0.2) is 60.4 Å². The van der Waals surface area contributed by atoms with Crippen LogP contribution in [0.3, 0.4) is 0 Å². The Morgan fingerprint density at radius 1 is 1.00 bits per heavy atom. The van der Waals surface area contributed by atoms with Crippen LogP contribution in [0.2, 0.25) is 0 Å². The van der Waals surface area contributed by atoms with Crippen molar-refractivity contribution < 1.29 is 17.7 Å². The van der Waals surface area contributed by atoms with E-state index in [-0.39, 0.29) is 24.4 Å². The Morgan fingerprint density at radius 3 is 2.47 bits per heavy atom. The predicted molar refractivity (Wildman–Crippen MR) is 146 cm³/mol. The molecule has 0 radical (unpaired) electrons. The highest BCUT2D eigenvalue weighted by atomic mass is 32.2. The van der Waals surface area contributed by atoms with E-state index in [2.05, 4.69) is 59.9 Å². The summed E-state index contributed by atoms with van der Waals surface area (Å²) in [7, 11) is -4.14. The first-order valence-electron chi connectivity index (χ1n) is 13.2. The van der Waals surface area contributed by atoms with Gasteiger partial charge in [0.05, 0.1) is 23.2 Å². The summed E-state index contributed by atoms with van der Waals surface area (Å²) in [6, 6.07) is 14.0. The molecule has 196 valence electrons. The average molecular weight is 514 g/mol. The molecule has 36 heavy (non-hydrogen) atoms. The lowest BCUT2D eigenvalue weighted by molar-refractivity contribution is 0.0507. The van der Waals surface area contributed by atoms with E-state index in [0.29, 0.717) is 0 Å². The van der Waals surface area contributed by atoms with Crippen molar-refractivity contribution >= 4 is 21.5 Å². The zero-order valence-corrected chi connectivity index (χ0v) is 22.5. The number of hydrogen-bond donors (Lipinski definition) is 1. The highest BCUT2D eigenvalue weighted by Crippen LogP contribution is 2.49. The standard InChI is InChI=1S/C28H39N3O4S/c1-4-10-22-13-14-27-25(21-22)31(23-11-7-8-12-26(23)35-27)24(15-20-36(32,33)34)28-29(16-5-2)18-9-19-30(28)17-6-3/h7-9,11-14,18,21,24,28H,4-6,10,15-17,19-20H2,1-3H3,(H,32,33,34).